The summed E-state index contributed by atoms with van der Waals surface area (Å²) in [5.74, 6) is 0. The first-order chi connectivity index (χ1) is 12.1. The molecule has 1 fully saturated rings. The van der Waals surface area contributed by atoms with Gasteiger partial charge in [-0.05, 0) is 42.5 Å². The van der Waals surface area contributed by atoms with Gasteiger partial charge in [-0.1, -0.05) is 42.5 Å². The number of hydrogen-bond donors (Lipinski definition) is 2. The van der Waals surface area contributed by atoms with Crippen LogP contribution in [0.15, 0.2) is 54.6 Å². The summed E-state index contributed by atoms with van der Waals surface area (Å²) in [6.45, 7) is 1.99. The highest BCUT2D eigenvalue weighted by Crippen LogP contribution is 2.36. The van der Waals surface area contributed by atoms with Crippen LogP contribution in [-0.2, 0) is 16.6 Å². The van der Waals surface area contributed by atoms with Gasteiger partial charge in [-0.3, -0.25) is 9.62 Å². The van der Waals surface area contributed by atoms with Gasteiger partial charge in [0.1, 0.15) is 0 Å². The van der Waals surface area contributed by atoms with Crippen LogP contribution in [0.4, 0.5) is 5.69 Å². The summed E-state index contributed by atoms with van der Waals surface area (Å²) in [7, 11) is -3.57. The third-order valence-electron chi connectivity index (χ3n) is 5.14. The summed E-state index contributed by atoms with van der Waals surface area (Å²) in [6.07, 6.45) is 2.74. The van der Waals surface area contributed by atoms with Gasteiger partial charge in [-0.15, -0.1) is 12.4 Å². The average molecular weight is 394 g/mol. The summed E-state index contributed by atoms with van der Waals surface area (Å²) in [5, 5.41) is 0. The van der Waals surface area contributed by atoms with Crippen molar-refractivity contribution in [1.82, 2.24) is 9.62 Å². The van der Waals surface area contributed by atoms with E-state index in [1.165, 1.54) is 11.1 Å². The minimum absolute atomic E-state index is 0. The van der Waals surface area contributed by atoms with Crippen molar-refractivity contribution in [1.29, 1.82) is 0 Å². The molecule has 2 heterocycles. The molecule has 5 nitrogen and oxygen atoms in total. The van der Waals surface area contributed by atoms with E-state index in [0.29, 0.717) is 11.7 Å². The molecule has 0 unspecified atom stereocenters. The largest absolute Gasteiger partial charge is 0.299 e. The van der Waals surface area contributed by atoms with Crippen LogP contribution >= 0.6 is 12.4 Å². The molecule has 1 saturated heterocycles. The van der Waals surface area contributed by atoms with Gasteiger partial charge in [-0.25, -0.2) is 0 Å². The molecule has 0 spiro atoms. The van der Waals surface area contributed by atoms with Crippen molar-refractivity contribution < 1.29 is 8.42 Å². The zero-order valence-corrected chi connectivity index (χ0v) is 16.1. The van der Waals surface area contributed by atoms with E-state index in [0.717, 1.165) is 32.4 Å². The third-order valence-corrected chi connectivity index (χ3v) is 6.29. The van der Waals surface area contributed by atoms with Gasteiger partial charge >= 0.3 is 0 Å². The number of nitrogens with zero attached hydrogens (tertiary/aromatic N) is 1. The first-order valence-electron chi connectivity index (χ1n) is 8.78. The van der Waals surface area contributed by atoms with Crippen LogP contribution < -0.4 is 9.44 Å². The lowest BCUT2D eigenvalue weighted by Crippen LogP contribution is -2.49. The smallest absolute Gasteiger partial charge is 0.296 e. The molecule has 0 aliphatic carbocycles. The molecule has 7 heteroatoms. The fourth-order valence-electron chi connectivity index (χ4n) is 3.97. The van der Waals surface area contributed by atoms with E-state index in [1.807, 2.05) is 18.2 Å². The standard InChI is InChI=1S/C19H23N3O2S.ClH/c23-25(24,20-16-7-2-1-3-8-16)21-17-11-13-22-12-10-15-6-4-5-9-18(15)19(22)14-17;/h1-9,17,19-21H,10-14H2;1H/t17-,19+;/m1./s1. The second-order valence-corrected chi connectivity index (χ2v) is 8.26. The Balaban J connectivity index is 0.00000196. The lowest BCUT2D eigenvalue weighted by atomic mass is 9.85. The maximum atomic E-state index is 12.4. The molecule has 0 amide bonds. The Hall–Kier alpha value is -1.60. The van der Waals surface area contributed by atoms with E-state index in [4.69, 9.17) is 0 Å². The average Bonchev–Trinajstić information content (AvgIpc) is 2.61. The summed E-state index contributed by atoms with van der Waals surface area (Å²) < 4.78 is 30.3. The Kier molecular flexibility index (Phi) is 5.87. The van der Waals surface area contributed by atoms with Gasteiger partial charge in [0, 0.05) is 30.9 Å². The zero-order chi connectivity index (χ0) is 17.3. The number of benzene rings is 2. The van der Waals surface area contributed by atoms with Crippen molar-refractivity contribution in [3.8, 4) is 0 Å². The van der Waals surface area contributed by atoms with Crippen LogP contribution in [0.1, 0.15) is 30.0 Å². The molecule has 0 bridgehead atoms. The number of nitrogens with one attached hydrogen (secondary N) is 2. The Labute approximate surface area is 161 Å². The number of fused-ring (bicyclic) bond motifs is 3. The molecule has 0 radical (unpaired) electrons. The van der Waals surface area contributed by atoms with E-state index < -0.39 is 10.2 Å². The van der Waals surface area contributed by atoms with Crippen molar-refractivity contribution >= 4 is 28.3 Å². The van der Waals surface area contributed by atoms with Gasteiger partial charge < -0.3 is 0 Å². The molecule has 2 aliphatic rings. The van der Waals surface area contributed by atoms with Gasteiger partial charge in [0.25, 0.3) is 10.2 Å². The molecule has 140 valence electrons. The lowest BCUT2D eigenvalue weighted by molar-refractivity contribution is 0.122. The monoisotopic (exact) mass is 393 g/mol. The molecule has 2 atom stereocenters. The van der Waals surface area contributed by atoms with Crippen molar-refractivity contribution in [2.75, 3.05) is 17.8 Å². The first kappa shape index (κ1) is 19.2. The minimum atomic E-state index is -3.57. The third kappa shape index (κ3) is 4.20. The van der Waals surface area contributed by atoms with Crippen LogP contribution in [0.5, 0.6) is 0 Å². The molecule has 0 aromatic heterocycles. The molecular formula is C19H24ClN3O2S. The summed E-state index contributed by atoms with van der Waals surface area (Å²) in [4.78, 5) is 2.48. The number of rotatable bonds is 4. The molecule has 2 N–H and O–H groups in total. The highest BCUT2D eigenvalue weighted by molar-refractivity contribution is 7.90. The van der Waals surface area contributed by atoms with Crippen molar-refractivity contribution in [2.24, 2.45) is 0 Å². The zero-order valence-electron chi connectivity index (χ0n) is 14.5. The second-order valence-electron chi connectivity index (χ2n) is 6.81. The van der Waals surface area contributed by atoms with E-state index in [-0.39, 0.29) is 18.4 Å². The van der Waals surface area contributed by atoms with Gasteiger partial charge in [-0.2, -0.15) is 13.1 Å². The summed E-state index contributed by atoms with van der Waals surface area (Å²) in [5.41, 5.74) is 3.33. The highest BCUT2D eigenvalue weighted by Gasteiger charge is 2.34. The second kappa shape index (κ2) is 7.96. The van der Waals surface area contributed by atoms with Gasteiger partial charge in [0.2, 0.25) is 0 Å². The quantitative estimate of drug-likeness (QED) is 0.838. The van der Waals surface area contributed by atoms with Crippen LogP contribution in [0.3, 0.4) is 0 Å². The molecular weight excluding hydrogens is 370 g/mol. The number of piperidine rings is 1. The molecule has 2 aromatic rings. The number of halogens is 1. The Bertz CT molecular complexity index is 845. The van der Waals surface area contributed by atoms with Crippen molar-refractivity contribution in [3.63, 3.8) is 0 Å². The predicted octanol–water partition coefficient (Wildman–Crippen LogP) is 3.12. The molecule has 4 rings (SSSR count). The predicted molar refractivity (Wildman–Crippen MR) is 107 cm³/mol. The number of hydrogen-bond acceptors (Lipinski definition) is 3. The van der Waals surface area contributed by atoms with Crippen LogP contribution in [0.25, 0.3) is 0 Å². The molecule has 26 heavy (non-hydrogen) atoms. The van der Waals surface area contributed by atoms with E-state index in [1.54, 1.807) is 12.1 Å². The Morgan fingerprint density at radius 1 is 0.962 bits per heavy atom. The highest BCUT2D eigenvalue weighted by atomic mass is 35.5. The van der Waals surface area contributed by atoms with Crippen molar-refractivity contribution in [2.45, 2.75) is 31.3 Å². The van der Waals surface area contributed by atoms with Crippen LogP contribution in [-0.4, -0.2) is 32.4 Å². The maximum absolute atomic E-state index is 12.4. The molecule has 2 aromatic carbocycles. The molecule has 0 saturated carbocycles. The van der Waals surface area contributed by atoms with E-state index >= 15 is 0 Å². The minimum Gasteiger partial charge on any atom is -0.296 e. The molecule has 2 aliphatic heterocycles. The number of anilines is 1. The summed E-state index contributed by atoms with van der Waals surface area (Å²) >= 11 is 0. The Morgan fingerprint density at radius 3 is 2.50 bits per heavy atom. The lowest BCUT2D eigenvalue weighted by Gasteiger charge is -2.43. The number of para-hydroxylation sites is 1. The van der Waals surface area contributed by atoms with Crippen molar-refractivity contribution in [3.05, 3.63) is 65.7 Å². The fraction of sp³-hybridized carbons (Fsp3) is 0.368. The summed E-state index contributed by atoms with van der Waals surface area (Å²) in [6, 6.07) is 17.8. The van der Waals surface area contributed by atoms with Crippen LogP contribution in [0.2, 0.25) is 0 Å². The first-order valence-corrected chi connectivity index (χ1v) is 10.3. The van der Waals surface area contributed by atoms with E-state index in [9.17, 15) is 8.42 Å². The van der Waals surface area contributed by atoms with Gasteiger partial charge in [0.15, 0.2) is 0 Å². The fourth-order valence-corrected chi connectivity index (χ4v) is 5.13. The Morgan fingerprint density at radius 2 is 1.69 bits per heavy atom. The van der Waals surface area contributed by atoms with Crippen LogP contribution in [0, 0.1) is 0 Å². The van der Waals surface area contributed by atoms with Gasteiger partial charge in [0.05, 0.1) is 0 Å². The van der Waals surface area contributed by atoms with E-state index in [2.05, 4.69) is 38.6 Å². The topological polar surface area (TPSA) is 61.4 Å². The maximum Gasteiger partial charge on any atom is 0.299 e. The SMILES string of the molecule is Cl.O=S(=O)(Nc1ccccc1)N[C@@H]1CCN2CCc3ccccc3[C@@H]2C1. The normalized spacial score (nSPS) is 22.6.